The van der Waals surface area contributed by atoms with Crippen LogP contribution in [0.15, 0.2) is 48.5 Å². The minimum absolute atomic E-state index is 0.0863. The molecule has 0 spiro atoms. The van der Waals surface area contributed by atoms with Gasteiger partial charge in [-0.05, 0) is 29.8 Å². The van der Waals surface area contributed by atoms with E-state index in [1.54, 1.807) is 0 Å². The van der Waals surface area contributed by atoms with Gasteiger partial charge in [-0.3, -0.25) is 14.9 Å². The van der Waals surface area contributed by atoms with Crippen molar-refractivity contribution in [2.24, 2.45) is 0 Å². The lowest BCUT2D eigenvalue weighted by Gasteiger charge is -2.05. The van der Waals surface area contributed by atoms with Gasteiger partial charge in [-0.2, -0.15) is 0 Å². The number of nitro groups is 1. The van der Waals surface area contributed by atoms with E-state index < -0.39 is 29.2 Å². The number of esters is 1. The molecule has 0 aliphatic heterocycles. The Morgan fingerprint density at radius 2 is 2.04 bits per heavy atom. The minimum atomic E-state index is -0.792. The summed E-state index contributed by atoms with van der Waals surface area (Å²) in [4.78, 5) is 33.4. The Morgan fingerprint density at radius 3 is 2.73 bits per heavy atom. The van der Waals surface area contributed by atoms with Gasteiger partial charge in [0.2, 0.25) is 0 Å². The zero-order valence-corrected chi connectivity index (χ0v) is 13.9. The Balaban J connectivity index is 1.85. The highest BCUT2D eigenvalue weighted by atomic mass is 35.5. The van der Waals surface area contributed by atoms with E-state index in [9.17, 15) is 24.1 Å². The molecule has 0 aliphatic carbocycles. The van der Waals surface area contributed by atoms with Crippen LogP contribution >= 0.6 is 11.6 Å². The van der Waals surface area contributed by atoms with Gasteiger partial charge in [-0.25, -0.2) is 9.18 Å². The van der Waals surface area contributed by atoms with Crippen LogP contribution in [0, 0.1) is 15.9 Å². The van der Waals surface area contributed by atoms with Gasteiger partial charge in [0.05, 0.1) is 9.95 Å². The Hall–Kier alpha value is -3.26. The van der Waals surface area contributed by atoms with Gasteiger partial charge in [0, 0.05) is 23.9 Å². The quantitative estimate of drug-likeness (QED) is 0.358. The Labute approximate surface area is 152 Å². The maximum absolute atomic E-state index is 13.0. The number of hydrogen-bond acceptors (Lipinski definition) is 5. The number of halogens is 2. The maximum atomic E-state index is 13.0. The third-order valence-corrected chi connectivity index (χ3v) is 3.33. The van der Waals surface area contributed by atoms with Crippen molar-refractivity contribution in [3.05, 3.63) is 75.1 Å². The normalized spacial score (nSPS) is 10.5. The molecule has 0 atom stereocenters. The summed E-state index contributed by atoms with van der Waals surface area (Å²) < 4.78 is 17.8. The molecule has 2 aromatic carbocycles. The first kappa shape index (κ1) is 19.1. The smallest absolute Gasteiger partial charge is 0.331 e. The zero-order chi connectivity index (χ0) is 19.1. The Kier molecular flexibility index (Phi) is 6.40. The second kappa shape index (κ2) is 8.72. The number of carbonyl (C=O) groups excluding carboxylic acids is 2. The number of anilines is 1. The molecule has 1 amide bonds. The largest absolute Gasteiger partial charge is 0.452 e. The molecule has 0 radical (unpaired) electrons. The number of benzene rings is 2. The first-order valence-corrected chi connectivity index (χ1v) is 7.57. The molecule has 0 saturated carbocycles. The number of nitrogens with zero attached hydrogens (tertiary/aromatic N) is 1. The van der Waals surface area contributed by atoms with Crippen LogP contribution in [0.3, 0.4) is 0 Å². The van der Waals surface area contributed by atoms with Crippen molar-refractivity contribution in [3.8, 4) is 0 Å². The topological polar surface area (TPSA) is 98.5 Å². The second-order valence-corrected chi connectivity index (χ2v) is 5.38. The molecule has 26 heavy (non-hydrogen) atoms. The molecular weight excluding hydrogens is 367 g/mol. The number of non-ortho nitro benzene ring substituents is 1. The summed E-state index contributed by atoms with van der Waals surface area (Å²) in [6.07, 6.45) is 2.41. The third kappa shape index (κ3) is 5.67. The molecule has 0 aromatic heterocycles. The van der Waals surface area contributed by atoms with E-state index in [1.165, 1.54) is 42.5 Å². The molecule has 0 heterocycles. The van der Waals surface area contributed by atoms with E-state index in [1.807, 2.05) is 0 Å². The highest BCUT2D eigenvalue weighted by Gasteiger charge is 2.09. The van der Waals surface area contributed by atoms with Crippen LogP contribution in [0.5, 0.6) is 0 Å². The lowest BCUT2D eigenvalue weighted by molar-refractivity contribution is -0.384. The van der Waals surface area contributed by atoms with Gasteiger partial charge in [0.15, 0.2) is 6.61 Å². The standard InChI is InChI=1S/C17H12ClFN2O5/c18-14-8-11(4-6-15(14)19)5-7-17(23)26-10-16(22)20-12-2-1-3-13(9-12)21(24)25/h1-9H,10H2,(H,20,22)/b7-5+. The van der Waals surface area contributed by atoms with Crippen molar-refractivity contribution in [2.45, 2.75) is 0 Å². The van der Waals surface area contributed by atoms with Crippen LogP contribution < -0.4 is 5.32 Å². The fourth-order valence-electron chi connectivity index (χ4n) is 1.86. The van der Waals surface area contributed by atoms with Crippen LogP contribution in [0.25, 0.3) is 6.08 Å². The molecule has 7 nitrogen and oxygen atoms in total. The molecule has 0 bridgehead atoms. The van der Waals surface area contributed by atoms with Crippen molar-refractivity contribution < 1.29 is 23.6 Å². The SMILES string of the molecule is O=C(COC(=O)/C=C/c1ccc(F)c(Cl)c1)Nc1cccc([N+](=O)[O-])c1. The summed E-state index contributed by atoms with van der Waals surface area (Å²) >= 11 is 5.62. The van der Waals surface area contributed by atoms with Gasteiger partial charge in [0.25, 0.3) is 11.6 Å². The average Bonchev–Trinajstić information content (AvgIpc) is 2.61. The van der Waals surface area contributed by atoms with E-state index in [-0.39, 0.29) is 16.4 Å². The van der Waals surface area contributed by atoms with Crippen molar-refractivity contribution in [3.63, 3.8) is 0 Å². The van der Waals surface area contributed by atoms with Crippen LogP contribution in [0.4, 0.5) is 15.8 Å². The van der Waals surface area contributed by atoms with Gasteiger partial charge < -0.3 is 10.1 Å². The summed E-state index contributed by atoms with van der Waals surface area (Å²) in [5.41, 5.74) is 0.506. The fraction of sp³-hybridized carbons (Fsp3) is 0.0588. The molecular formula is C17H12ClFN2O5. The van der Waals surface area contributed by atoms with E-state index in [4.69, 9.17) is 16.3 Å². The molecule has 0 unspecified atom stereocenters. The number of nitro benzene ring substituents is 1. The van der Waals surface area contributed by atoms with E-state index in [0.29, 0.717) is 5.56 Å². The lowest BCUT2D eigenvalue weighted by Crippen LogP contribution is -2.20. The lowest BCUT2D eigenvalue weighted by atomic mass is 10.2. The Morgan fingerprint density at radius 1 is 1.27 bits per heavy atom. The van der Waals surface area contributed by atoms with Gasteiger partial charge >= 0.3 is 5.97 Å². The summed E-state index contributed by atoms with van der Waals surface area (Å²) in [6, 6.07) is 9.23. The van der Waals surface area contributed by atoms with E-state index in [2.05, 4.69) is 5.32 Å². The van der Waals surface area contributed by atoms with Crippen LogP contribution in [0.2, 0.25) is 5.02 Å². The number of rotatable bonds is 6. The maximum Gasteiger partial charge on any atom is 0.331 e. The third-order valence-electron chi connectivity index (χ3n) is 3.04. The van der Waals surface area contributed by atoms with Crippen molar-refractivity contribution in [1.29, 1.82) is 0 Å². The molecule has 134 valence electrons. The molecule has 0 fully saturated rings. The predicted molar refractivity (Wildman–Crippen MR) is 93.1 cm³/mol. The number of nitrogens with one attached hydrogen (secondary N) is 1. The fourth-order valence-corrected chi connectivity index (χ4v) is 2.05. The summed E-state index contributed by atoms with van der Waals surface area (Å²) in [6.45, 7) is -0.573. The monoisotopic (exact) mass is 378 g/mol. The average molecular weight is 379 g/mol. The van der Waals surface area contributed by atoms with E-state index in [0.717, 1.165) is 12.1 Å². The van der Waals surface area contributed by atoms with Crippen LogP contribution in [0.1, 0.15) is 5.56 Å². The van der Waals surface area contributed by atoms with Gasteiger partial charge in [-0.1, -0.05) is 23.7 Å². The predicted octanol–water partition coefficient (Wildman–Crippen LogP) is 3.58. The molecule has 2 aromatic rings. The van der Waals surface area contributed by atoms with Crippen molar-refractivity contribution >= 4 is 40.9 Å². The summed E-state index contributed by atoms with van der Waals surface area (Å²) in [7, 11) is 0. The summed E-state index contributed by atoms with van der Waals surface area (Å²) in [5, 5.41) is 13.0. The van der Waals surface area contributed by atoms with Crippen molar-refractivity contribution in [1.82, 2.24) is 0 Å². The van der Waals surface area contributed by atoms with Gasteiger partial charge in [0.1, 0.15) is 5.82 Å². The Bertz CT molecular complexity index is 885. The van der Waals surface area contributed by atoms with Crippen molar-refractivity contribution in [2.75, 3.05) is 11.9 Å². The summed E-state index contributed by atoms with van der Waals surface area (Å²) in [5.74, 6) is -2.03. The highest BCUT2D eigenvalue weighted by Crippen LogP contribution is 2.17. The minimum Gasteiger partial charge on any atom is -0.452 e. The molecule has 0 aliphatic rings. The molecule has 1 N–H and O–H groups in total. The second-order valence-electron chi connectivity index (χ2n) is 4.97. The van der Waals surface area contributed by atoms with Crippen LogP contribution in [-0.2, 0) is 14.3 Å². The first-order valence-electron chi connectivity index (χ1n) is 7.19. The highest BCUT2D eigenvalue weighted by molar-refractivity contribution is 6.30. The molecule has 9 heteroatoms. The molecule has 0 saturated heterocycles. The van der Waals surface area contributed by atoms with E-state index >= 15 is 0 Å². The molecule has 2 rings (SSSR count). The number of carbonyl (C=O) groups is 2. The van der Waals surface area contributed by atoms with Gasteiger partial charge in [-0.15, -0.1) is 0 Å². The number of hydrogen-bond donors (Lipinski definition) is 1. The number of amides is 1. The zero-order valence-electron chi connectivity index (χ0n) is 13.1. The van der Waals surface area contributed by atoms with Crippen LogP contribution in [-0.4, -0.2) is 23.4 Å². The number of ether oxygens (including phenoxy) is 1. The first-order chi connectivity index (χ1) is 12.3.